The van der Waals surface area contributed by atoms with Crippen LogP contribution in [0.5, 0.6) is 0 Å². The summed E-state index contributed by atoms with van der Waals surface area (Å²) in [6.45, 7) is 5.42. The lowest BCUT2D eigenvalue weighted by Crippen LogP contribution is -2.40. The van der Waals surface area contributed by atoms with Crippen LogP contribution in [0.15, 0.2) is 29.2 Å². The summed E-state index contributed by atoms with van der Waals surface area (Å²) >= 11 is 0. The van der Waals surface area contributed by atoms with E-state index in [9.17, 15) is 21.6 Å². The van der Waals surface area contributed by atoms with Gasteiger partial charge in [0.2, 0.25) is 10.0 Å². The Hall–Kier alpha value is -1.20. The van der Waals surface area contributed by atoms with E-state index < -0.39 is 21.8 Å². The number of alkyl halides is 3. The largest absolute Gasteiger partial charge is 0.416 e. The van der Waals surface area contributed by atoms with E-state index in [-0.39, 0.29) is 23.6 Å². The average Bonchev–Trinajstić information content (AvgIpc) is 2.77. The van der Waals surface area contributed by atoms with Gasteiger partial charge in [0.15, 0.2) is 0 Å². The first-order chi connectivity index (χ1) is 15.1. The fourth-order valence-electron chi connectivity index (χ4n) is 4.01. The van der Waals surface area contributed by atoms with E-state index in [1.165, 1.54) is 11.4 Å². The monoisotopic (exact) mass is 480 g/mol. The molecular formula is C22H35F3N2O4S. The van der Waals surface area contributed by atoms with Crippen molar-refractivity contribution >= 4 is 10.0 Å². The van der Waals surface area contributed by atoms with Gasteiger partial charge in [-0.3, -0.25) is 0 Å². The highest BCUT2D eigenvalue weighted by molar-refractivity contribution is 7.89. The molecule has 1 N–H and O–H groups in total. The molecule has 1 saturated carbocycles. The summed E-state index contributed by atoms with van der Waals surface area (Å²) in [5, 5.41) is 9.01. The molecule has 0 aromatic heterocycles. The van der Waals surface area contributed by atoms with Gasteiger partial charge in [0, 0.05) is 26.2 Å². The molecule has 0 atom stereocenters. The van der Waals surface area contributed by atoms with Crippen LogP contribution in [-0.4, -0.2) is 74.8 Å². The summed E-state index contributed by atoms with van der Waals surface area (Å²) in [5.74, 6) is 0. The van der Waals surface area contributed by atoms with Crippen LogP contribution < -0.4 is 0 Å². The van der Waals surface area contributed by atoms with E-state index in [1.54, 1.807) is 0 Å². The minimum absolute atomic E-state index is 0.105. The van der Waals surface area contributed by atoms with Crippen LogP contribution in [-0.2, 0) is 20.9 Å². The Morgan fingerprint density at radius 2 is 1.69 bits per heavy atom. The van der Waals surface area contributed by atoms with Gasteiger partial charge in [0.25, 0.3) is 0 Å². The third-order valence-electron chi connectivity index (χ3n) is 6.10. The van der Waals surface area contributed by atoms with Gasteiger partial charge in [-0.15, -0.1) is 0 Å². The maximum atomic E-state index is 12.8. The fourth-order valence-corrected chi connectivity index (χ4v) is 5.43. The van der Waals surface area contributed by atoms with Crippen molar-refractivity contribution in [3.63, 3.8) is 0 Å². The number of halogens is 3. The van der Waals surface area contributed by atoms with E-state index in [4.69, 9.17) is 9.84 Å². The van der Waals surface area contributed by atoms with Crippen LogP contribution in [0, 0.1) is 0 Å². The number of sulfonamides is 1. The van der Waals surface area contributed by atoms with Crippen molar-refractivity contribution in [2.75, 3.05) is 39.9 Å². The van der Waals surface area contributed by atoms with Crippen LogP contribution in [0.3, 0.4) is 0 Å². The van der Waals surface area contributed by atoms with Crippen molar-refractivity contribution in [3.05, 3.63) is 29.8 Å². The zero-order valence-corrected chi connectivity index (χ0v) is 19.7. The van der Waals surface area contributed by atoms with Crippen LogP contribution in [0.2, 0.25) is 0 Å². The number of aliphatic hydroxyl groups is 1. The van der Waals surface area contributed by atoms with Gasteiger partial charge >= 0.3 is 6.18 Å². The molecule has 0 radical (unpaired) electrons. The highest BCUT2D eigenvalue weighted by atomic mass is 32.2. The van der Waals surface area contributed by atoms with E-state index in [0.29, 0.717) is 26.0 Å². The number of nitrogens with zero attached hydrogens (tertiary/aromatic N) is 2. The molecule has 1 aromatic rings. The molecule has 184 valence electrons. The van der Waals surface area contributed by atoms with Crippen molar-refractivity contribution in [1.82, 2.24) is 9.21 Å². The number of hydrogen-bond acceptors (Lipinski definition) is 5. The molecule has 0 amide bonds. The second-order valence-electron chi connectivity index (χ2n) is 8.21. The maximum absolute atomic E-state index is 12.8. The van der Waals surface area contributed by atoms with Crippen molar-refractivity contribution < 1.29 is 31.4 Å². The summed E-state index contributed by atoms with van der Waals surface area (Å²) in [6.07, 6.45) is 0.352. The van der Waals surface area contributed by atoms with E-state index in [0.717, 1.165) is 63.0 Å². The molecule has 1 fully saturated rings. The van der Waals surface area contributed by atoms with Gasteiger partial charge in [-0.1, -0.05) is 6.92 Å². The lowest BCUT2D eigenvalue weighted by atomic mass is 9.93. The third kappa shape index (κ3) is 7.69. The molecule has 1 aliphatic carbocycles. The van der Waals surface area contributed by atoms with Crippen molar-refractivity contribution in [1.29, 1.82) is 0 Å². The van der Waals surface area contributed by atoms with Crippen LogP contribution in [0.1, 0.15) is 51.0 Å². The zero-order valence-electron chi connectivity index (χ0n) is 18.9. The van der Waals surface area contributed by atoms with Gasteiger partial charge in [-0.25, -0.2) is 8.42 Å². The number of rotatable bonds is 12. The smallest absolute Gasteiger partial charge is 0.395 e. The Morgan fingerprint density at radius 1 is 1.06 bits per heavy atom. The lowest BCUT2D eigenvalue weighted by molar-refractivity contribution is -0.137. The Kier molecular flexibility index (Phi) is 10.4. The fraction of sp³-hybridized carbons (Fsp3) is 0.727. The Labute approximate surface area is 189 Å². The molecule has 0 spiro atoms. The molecular weight excluding hydrogens is 445 g/mol. The van der Waals surface area contributed by atoms with Crippen molar-refractivity contribution in [2.45, 2.75) is 68.7 Å². The third-order valence-corrected chi connectivity index (χ3v) is 8.03. The van der Waals surface area contributed by atoms with E-state index in [1.807, 2.05) is 0 Å². The average molecular weight is 481 g/mol. The van der Waals surface area contributed by atoms with Crippen molar-refractivity contribution in [3.8, 4) is 0 Å². The molecule has 1 aliphatic rings. The summed E-state index contributed by atoms with van der Waals surface area (Å²) in [5.41, 5.74) is -0.868. The van der Waals surface area contributed by atoms with Crippen molar-refractivity contribution in [2.24, 2.45) is 0 Å². The molecule has 0 unspecified atom stereocenters. The van der Waals surface area contributed by atoms with Gasteiger partial charge in [0.05, 0.1) is 23.2 Å². The van der Waals surface area contributed by atoms with Gasteiger partial charge in [-0.2, -0.15) is 17.5 Å². The zero-order chi connectivity index (χ0) is 23.8. The summed E-state index contributed by atoms with van der Waals surface area (Å²) in [6, 6.07) is 3.44. The van der Waals surface area contributed by atoms with Crippen LogP contribution in [0.4, 0.5) is 13.2 Å². The van der Waals surface area contributed by atoms with Gasteiger partial charge in [-0.05, 0) is 75.9 Å². The minimum Gasteiger partial charge on any atom is -0.395 e. The molecule has 32 heavy (non-hydrogen) atoms. The molecule has 6 nitrogen and oxygen atoms in total. The number of aliphatic hydroxyl groups excluding tert-OH is 1. The molecule has 10 heteroatoms. The second kappa shape index (κ2) is 12.3. The first kappa shape index (κ1) is 27.0. The molecule has 0 heterocycles. The lowest BCUT2D eigenvalue weighted by Gasteiger charge is -2.34. The highest BCUT2D eigenvalue weighted by Crippen LogP contribution is 2.32. The summed E-state index contributed by atoms with van der Waals surface area (Å²) in [7, 11) is -2.36. The summed E-state index contributed by atoms with van der Waals surface area (Å²) in [4.78, 5) is 2.06. The summed E-state index contributed by atoms with van der Waals surface area (Å²) < 4.78 is 71.1. The first-order valence-corrected chi connectivity index (χ1v) is 12.6. The highest BCUT2D eigenvalue weighted by Gasteiger charge is 2.34. The molecule has 2 rings (SSSR count). The Bertz CT molecular complexity index is 779. The Morgan fingerprint density at radius 3 is 2.22 bits per heavy atom. The molecule has 0 bridgehead atoms. The normalized spacial score (nSPS) is 20.2. The molecule has 0 saturated heterocycles. The second-order valence-corrected chi connectivity index (χ2v) is 10.2. The number of unbranched alkanes of at least 4 members (excludes halogenated alkanes) is 1. The van der Waals surface area contributed by atoms with E-state index >= 15 is 0 Å². The maximum Gasteiger partial charge on any atom is 0.416 e. The number of hydrogen-bond donors (Lipinski definition) is 1. The molecule has 1 aromatic carbocycles. The van der Waals surface area contributed by atoms with Gasteiger partial charge < -0.3 is 14.7 Å². The minimum atomic E-state index is -4.50. The molecule has 0 aliphatic heterocycles. The first-order valence-electron chi connectivity index (χ1n) is 11.2. The standard InChI is InChI=1S/C22H35F3N2O4S/c1-3-27(15-16-28)14-4-5-17-31-20-10-8-19(9-11-20)26(2)32(29,30)21-12-6-18(7-13-21)22(23,24)25/h6-7,12-13,19-20,28H,3-5,8-11,14-17H2,1-2H3/t19-,20-. The van der Waals surface area contributed by atoms with E-state index in [2.05, 4.69) is 11.8 Å². The predicted octanol–water partition coefficient (Wildman–Crippen LogP) is 3.75. The van der Waals surface area contributed by atoms with Gasteiger partial charge in [0.1, 0.15) is 0 Å². The topological polar surface area (TPSA) is 70.1 Å². The quantitative estimate of drug-likeness (QED) is 0.462. The number of benzene rings is 1. The van der Waals surface area contributed by atoms with Crippen LogP contribution >= 0.6 is 0 Å². The predicted molar refractivity (Wildman–Crippen MR) is 117 cm³/mol. The number of likely N-dealkylation sites (N-methyl/N-ethyl adjacent to an activating group) is 1. The SMILES string of the molecule is CCN(CCO)CCCCO[C@H]1CC[C@H](N(C)S(=O)(=O)c2ccc(C(F)(F)F)cc2)CC1. The number of ether oxygens (including phenoxy) is 1. The Balaban J connectivity index is 1.77. The van der Waals surface area contributed by atoms with Crippen LogP contribution in [0.25, 0.3) is 0 Å².